The monoisotopic (exact) mass is 366 g/mol. The van der Waals surface area contributed by atoms with Gasteiger partial charge in [0, 0.05) is 25.7 Å². The van der Waals surface area contributed by atoms with Crippen LogP contribution in [-0.4, -0.2) is 11.6 Å². The van der Waals surface area contributed by atoms with Crippen LogP contribution < -0.4 is 0 Å². The lowest BCUT2D eigenvalue weighted by molar-refractivity contribution is -0.122. The fourth-order valence-electron chi connectivity index (χ4n) is 3.53. The summed E-state index contributed by atoms with van der Waals surface area (Å²) in [5.41, 5.74) is 0. The van der Waals surface area contributed by atoms with Gasteiger partial charge in [-0.15, -0.1) is 0 Å². The molecule has 0 aromatic rings. The number of carbonyl (C=O) groups excluding carboxylic acids is 2. The minimum absolute atomic E-state index is 0.330. The normalized spacial score (nSPS) is 13.5. The zero-order valence-electron chi connectivity index (χ0n) is 18.3. The van der Waals surface area contributed by atoms with E-state index in [9.17, 15) is 9.59 Å². The highest BCUT2D eigenvalue weighted by Crippen LogP contribution is 2.22. The van der Waals surface area contributed by atoms with Crippen LogP contribution in [0.25, 0.3) is 0 Å². The second-order valence-electron chi connectivity index (χ2n) is 8.48. The van der Waals surface area contributed by atoms with Crippen LogP contribution in [0.1, 0.15) is 130 Å². The van der Waals surface area contributed by atoms with Gasteiger partial charge in [-0.05, 0) is 24.7 Å². The molecule has 0 heterocycles. The van der Waals surface area contributed by atoms with Crippen molar-refractivity contribution in [3.63, 3.8) is 0 Å². The lowest BCUT2D eigenvalue weighted by atomic mass is 9.86. The Morgan fingerprint density at radius 1 is 0.538 bits per heavy atom. The van der Waals surface area contributed by atoms with Gasteiger partial charge in [0.1, 0.15) is 11.6 Å². The van der Waals surface area contributed by atoms with E-state index in [1.54, 1.807) is 0 Å². The van der Waals surface area contributed by atoms with Gasteiger partial charge in [-0.1, -0.05) is 91.9 Å². The van der Waals surface area contributed by atoms with Gasteiger partial charge in [-0.25, -0.2) is 0 Å². The molecule has 0 saturated carbocycles. The molecule has 0 fully saturated rings. The van der Waals surface area contributed by atoms with Crippen LogP contribution >= 0.6 is 0 Å². The quantitative estimate of drug-likeness (QED) is 0.220. The second kappa shape index (κ2) is 17.7. The molecule has 2 nitrogen and oxygen atoms in total. The standard InChI is InChI=1S/C24H46O2/c1-5-7-9-11-13-15-17-23(25)19-21(3)22(4)20-24(26)18-16-14-12-10-8-6-2/h21-22H,5-20H2,1-4H3. The maximum Gasteiger partial charge on any atom is 0.133 e. The Balaban J connectivity index is 3.74. The molecule has 0 spiro atoms. The molecule has 0 radical (unpaired) electrons. The van der Waals surface area contributed by atoms with Gasteiger partial charge in [0.15, 0.2) is 0 Å². The first-order valence-corrected chi connectivity index (χ1v) is 11.5. The molecule has 0 saturated heterocycles. The van der Waals surface area contributed by atoms with E-state index in [2.05, 4.69) is 27.7 Å². The molecular formula is C24H46O2. The molecule has 0 N–H and O–H groups in total. The van der Waals surface area contributed by atoms with Crippen LogP contribution in [0.5, 0.6) is 0 Å². The molecule has 0 aliphatic heterocycles. The van der Waals surface area contributed by atoms with E-state index in [0.717, 1.165) is 25.7 Å². The van der Waals surface area contributed by atoms with Gasteiger partial charge in [-0.2, -0.15) is 0 Å². The smallest absolute Gasteiger partial charge is 0.133 e. The summed E-state index contributed by atoms with van der Waals surface area (Å²) in [7, 11) is 0. The number of ketones is 2. The van der Waals surface area contributed by atoms with Crippen molar-refractivity contribution in [1.82, 2.24) is 0 Å². The first-order valence-electron chi connectivity index (χ1n) is 11.5. The Morgan fingerprint density at radius 2 is 0.846 bits per heavy atom. The fourth-order valence-corrected chi connectivity index (χ4v) is 3.53. The van der Waals surface area contributed by atoms with E-state index in [1.165, 1.54) is 64.2 Å². The molecular weight excluding hydrogens is 320 g/mol. The summed E-state index contributed by atoms with van der Waals surface area (Å²) in [5, 5.41) is 0. The third-order valence-corrected chi connectivity index (χ3v) is 5.69. The molecule has 154 valence electrons. The summed E-state index contributed by atoms with van der Waals surface area (Å²) < 4.78 is 0. The molecule has 0 rings (SSSR count). The van der Waals surface area contributed by atoms with E-state index in [0.29, 0.717) is 36.2 Å². The summed E-state index contributed by atoms with van der Waals surface area (Å²) >= 11 is 0. The maximum absolute atomic E-state index is 12.1. The van der Waals surface area contributed by atoms with Crippen LogP contribution in [0, 0.1) is 11.8 Å². The Morgan fingerprint density at radius 3 is 1.19 bits per heavy atom. The van der Waals surface area contributed by atoms with Crippen LogP contribution in [0.2, 0.25) is 0 Å². The predicted molar refractivity (Wildman–Crippen MR) is 114 cm³/mol. The molecule has 0 aliphatic rings. The summed E-state index contributed by atoms with van der Waals surface area (Å²) in [4.78, 5) is 24.3. The number of rotatable bonds is 19. The third kappa shape index (κ3) is 15.6. The zero-order chi connectivity index (χ0) is 19.6. The molecule has 0 amide bonds. The highest BCUT2D eigenvalue weighted by atomic mass is 16.1. The van der Waals surface area contributed by atoms with E-state index in [4.69, 9.17) is 0 Å². The SMILES string of the molecule is CCCCCCCCC(=O)CC(C)C(C)CC(=O)CCCCCCCC. The average molecular weight is 367 g/mol. The molecule has 0 bridgehead atoms. The third-order valence-electron chi connectivity index (χ3n) is 5.69. The van der Waals surface area contributed by atoms with Crippen molar-refractivity contribution in [2.45, 2.75) is 130 Å². The first kappa shape index (κ1) is 25.3. The number of hydrogen-bond acceptors (Lipinski definition) is 2. The summed E-state index contributed by atoms with van der Waals surface area (Å²) in [6, 6.07) is 0. The topological polar surface area (TPSA) is 34.1 Å². The number of carbonyl (C=O) groups is 2. The van der Waals surface area contributed by atoms with Crippen molar-refractivity contribution in [2.24, 2.45) is 11.8 Å². The van der Waals surface area contributed by atoms with E-state index < -0.39 is 0 Å². The van der Waals surface area contributed by atoms with Crippen molar-refractivity contribution in [3.05, 3.63) is 0 Å². The van der Waals surface area contributed by atoms with Gasteiger partial charge in [0.05, 0.1) is 0 Å². The minimum Gasteiger partial charge on any atom is -0.300 e. The Bertz CT molecular complexity index is 314. The Kier molecular flexibility index (Phi) is 17.3. The second-order valence-corrected chi connectivity index (χ2v) is 8.48. The van der Waals surface area contributed by atoms with Gasteiger partial charge >= 0.3 is 0 Å². The van der Waals surface area contributed by atoms with Gasteiger partial charge in [-0.3, -0.25) is 9.59 Å². The summed E-state index contributed by atoms with van der Waals surface area (Å²) in [6.07, 6.45) is 17.5. The van der Waals surface area contributed by atoms with E-state index in [-0.39, 0.29) is 0 Å². The maximum atomic E-state index is 12.1. The largest absolute Gasteiger partial charge is 0.300 e. The molecule has 0 aliphatic carbocycles. The van der Waals surface area contributed by atoms with E-state index in [1.807, 2.05) is 0 Å². The van der Waals surface area contributed by atoms with Crippen molar-refractivity contribution in [1.29, 1.82) is 0 Å². The number of hydrogen-bond donors (Lipinski definition) is 0. The molecule has 26 heavy (non-hydrogen) atoms. The predicted octanol–water partition coefficient (Wildman–Crippen LogP) is 7.68. The van der Waals surface area contributed by atoms with Crippen molar-refractivity contribution in [2.75, 3.05) is 0 Å². The number of unbranched alkanes of at least 4 members (excludes halogenated alkanes) is 10. The summed E-state index contributed by atoms with van der Waals surface area (Å²) in [5.74, 6) is 1.44. The molecule has 2 atom stereocenters. The zero-order valence-corrected chi connectivity index (χ0v) is 18.3. The number of Topliss-reactive ketones (excluding diaryl/α,β-unsaturated/α-hetero) is 2. The molecule has 0 aromatic heterocycles. The van der Waals surface area contributed by atoms with Gasteiger partial charge < -0.3 is 0 Å². The van der Waals surface area contributed by atoms with Crippen molar-refractivity contribution in [3.8, 4) is 0 Å². The summed E-state index contributed by atoms with van der Waals surface area (Å²) in [6.45, 7) is 8.73. The van der Waals surface area contributed by atoms with Gasteiger partial charge in [0.2, 0.25) is 0 Å². The van der Waals surface area contributed by atoms with Crippen LogP contribution in [0.4, 0.5) is 0 Å². The fraction of sp³-hybridized carbons (Fsp3) is 0.917. The molecule has 0 aromatic carbocycles. The Hall–Kier alpha value is -0.660. The lowest BCUT2D eigenvalue weighted by Crippen LogP contribution is -2.16. The molecule has 2 unspecified atom stereocenters. The van der Waals surface area contributed by atoms with Crippen molar-refractivity contribution >= 4 is 11.6 Å². The first-order chi connectivity index (χ1) is 12.5. The van der Waals surface area contributed by atoms with Crippen LogP contribution in [-0.2, 0) is 9.59 Å². The van der Waals surface area contributed by atoms with E-state index >= 15 is 0 Å². The highest BCUT2D eigenvalue weighted by Gasteiger charge is 2.18. The Labute approximate surface area is 163 Å². The average Bonchev–Trinajstić information content (AvgIpc) is 2.60. The van der Waals surface area contributed by atoms with Crippen LogP contribution in [0.15, 0.2) is 0 Å². The molecule has 2 heteroatoms. The highest BCUT2D eigenvalue weighted by molar-refractivity contribution is 5.79. The van der Waals surface area contributed by atoms with Crippen LogP contribution in [0.3, 0.4) is 0 Å². The lowest BCUT2D eigenvalue weighted by Gasteiger charge is -2.18. The van der Waals surface area contributed by atoms with Crippen molar-refractivity contribution < 1.29 is 9.59 Å². The van der Waals surface area contributed by atoms with Gasteiger partial charge in [0.25, 0.3) is 0 Å². The minimum atomic E-state index is 0.330.